The van der Waals surface area contributed by atoms with Crippen molar-refractivity contribution >= 4 is 34.8 Å². The normalized spacial score (nSPS) is 19.7. The van der Waals surface area contributed by atoms with Gasteiger partial charge in [0.15, 0.2) is 11.3 Å². The number of carbonyl (C=O) groups is 1. The van der Waals surface area contributed by atoms with Crippen molar-refractivity contribution in [2.24, 2.45) is 5.41 Å². The van der Waals surface area contributed by atoms with Gasteiger partial charge in [0, 0.05) is 28.1 Å². The highest BCUT2D eigenvalue weighted by Crippen LogP contribution is 2.48. The van der Waals surface area contributed by atoms with Gasteiger partial charge in [0.1, 0.15) is 29.0 Å². The second-order valence-corrected chi connectivity index (χ2v) is 12.4. The molecular weight excluding hydrogens is 574 g/mol. The molecule has 7 nitrogen and oxygen atoms in total. The molecule has 2 aromatic heterocycles. The van der Waals surface area contributed by atoms with E-state index in [9.17, 15) is 18.7 Å². The highest BCUT2D eigenvalue weighted by Gasteiger charge is 2.44. The van der Waals surface area contributed by atoms with E-state index < -0.39 is 30.0 Å². The monoisotopic (exact) mass is 604 g/mol. The molecule has 0 unspecified atom stereocenters. The summed E-state index contributed by atoms with van der Waals surface area (Å²) in [5.74, 6) is 0.355. The molecule has 2 aromatic carbocycles. The van der Waals surface area contributed by atoms with E-state index in [1.54, 1.807) is 18.2 Å². The molecule has 3 aliphatic rings. The molecular formula is C33H31ClF2N4O3. The number of para-hydroxylation sites is 1. The fourth-order valence-electron chi connectivity index (χ4n) is 6.32. The van der Waals surface area contributed by atoms with E-state index in [-0.39, 0.29) is 11.6 Å². The van der Waals surface area contributed by atoms with Crippen LogP contribution in [0.15, 0.2) is 54.6 Å². The number of benzene rings is 2. The van der Waals surface area contributed by atoms with Crippen LogP contribution in [-0.2, 0) is 13.1 Å². The summed E-state index contributed by atoms with van der Waals surface area (Å²) < 4.78 is 36.9. The Morgan fingerprint density at radius 1 is 1.09 bits per heavy atom. The molecule has 0 radical (unpaired) electrons. The number of rotatable bonds is 8. The molecule has 1 saturated carbocycles. The summed E-state index contributed by atoms with van der Waals surface area (Å²) in [6, 6.07) is 13.9. The van der Waals surface area contributed by atoms with Crippen LogP contribution in [0.3, 0.4) is 0 Å². The van der Waals surface area contributed by atoms with Crippen molar-refractivity contribution in [1.29, 1.82) is 0 Å². The molecule has 0 bridgehead atoms. The summed E-state index contributed by atoms with van der Waals surface area (Å²) in [5.41, 5.74) is 3.21. The first-order valence-electron chi connectivity index (χ1n) is 14.6. The summed E-state index contributed by atoms with van der Waals surface area (Å²) in [5, 5.41) is 9.83. The zero-order chi connectivity index (χ0) is 29.7. The number of carboxylic acid groups (broad SMARTS) is 1. The van der Waals surface area contributed by atoms with Gasteiger partial charge in [-0.15, -0.1) is 0 Å². The molecule has 2 aliphatic heterocycles. The third-order valence-electron chi connectivity index (χ3n) is 9.06. The second kappa shape index (κ2) is 11.0. The number of imidazole rings is 1. The van der Waals surface area contributed by atoms with Crippen LogP contribution in [-0.4, -0.2) is 50.3 Å². The van der Waals surface area contributed by atoms with Gasteiger partial charge in [0.25, 0.3) is 0 Å². The number of nitrogens with zero attached hydrogens (tertiary/aromatic N) is 4. The largest absolute Gasteiger partial charge is 0.481 e. The van der Waals surface area contributed by atoms with Crippen LogP contribution in [0.1, 0.15) is 70.7 Å². The van der Waals surface area contributed by atoms with Crippen LogP contribution in [0.25, 0.3) is 17.2 Å². The van der Waals surface area contributed by atoms with E-state index in [4.69, 9.17) is 21.3 Å². The Kier molecular flexibility index (Phi) is 7.18. The van der Waals surface area contributed by atoms with E-state index >= 15 is 0 Å². The quantitative estimate of drug-likeness (QED) is 0.229. The number of likely N-dealkylation sites (tertiary alicyclic amines) is 1. The first kappa shape index (κ1) is 28.0. The molecule has 4 aromatic rings. The molecule has 0 spiro atoms. The molecule has 0 amide bonds. The van der Waals surface area contributed by atoms with Crippen molar-refractivity contribution in [3.8, 4) is 5.75 Å². The lowest BCUT2D eigenvalue weighted by atomic mass is 9.87. The van der Waals surface area contributed by atoms with Crippen molar-refractivity contribution in [2.45, 2.75) is 50.8 Å². The number of hydrogen-bond acceptors (Lipinski definition) is 5. The van der Waals surface area contributed by atoms with E-state index in [1.165, 1.54) is 12.1 Å². The summed E-state index contributed by atoms with van der Waals surface area (Å²) in [6.07, 6.45) is 6.74. The minimum absolute atomic E-state index is 0.0459. The Labute approximate surface area is 252 Å². The van der Waals surface area contributed by atoms with Crippen LogP contribution < -0.4 is 4.74 Å². The number of pyridine rings is 1. The summed E-state index contributed by atoms with van der Waals surface area (Å²) >= 11 is 5.96. The Hall–Kier alpha value is -3.82. The average molecular weight is 605 g/mol. The van der Waals surface area contributed by atoms with Crippen LogP contribution in [0, 0.1) is 11.2 Å². The van der Waals surface area contributed by atoms with Crippen LogP contribution in [0.4, 0.5) is 8.78 Å². The average Bonchev–Trinajstić information content (AvgIpc) is 3.72. The van der Waals surface area contributed by atoms with Gasteiger partial charge in [-0.05, 0) is 80.6 Å². The Balaban J connectivity index is 1.09. The van der Waals surface area contributed by atoms with Gasteiger partial charge in [0.05, 0.1) is 13.2 Å². The highest BCUT2D eigenvalue weighted by molar-refractivity contribution is 6.30. The predicted molar refractivity (Wildman–Crippen MR) is 160 cm³/mol. The Morgan fingerprint density at radius 2 is 1.91 bits per heavy atom. The summed E-state index contributed by atoms with van der Waals surface area (Å²) in [4.78, 5) is 23.1. The first-order valence-corrected chi connectivity index (χ1v) is 15.0. The number of carboxylic acids is 1. The van der Waals surface area contributed by atoms with Crippen molar-refractivity contribution in [3.63, 3.8) is 0 Å². The van der Waals surface area contributed by atoms with Gasteiger partial charge in [0.2, 0.25) is 0 Å². The molecule has 222 valence electrons. The maximum atomic E-state index is 14.7. The van der Waals surface area contributed by atoms with Gasteiger partial charge >= 0.3 is 5.97 Å². The molecule has 10 heteroatoms. The Morgan fingerprint density at radius 3 is 2.63 bits per heavy atom. The number of piperidine rings is 1. The third kappa shape index (κ3) is 5.40. The minimum atomic E-state index is -1.10. The van der Waals surface area contributed by atoms with Crippen molar-refractivity contribution in [3.05, 3.63) is 93.7 Å². The molecule has 1 aliphatic carbocycles. The SMILES string of the molecule is O=C(O)c1ccc2nc(CN3CCC(c4cccc5c4O[C@@H](c4ccc(Cl)cc4F)C=C5)CC3)n(CC3(CF)CC3)c2n1. The number of hydrogen-bond donors (Lipinski definition) is 1. The molecule has 4 heterocycles. The van der Waals surface area contributed by atoms with Gasteiger partial charge in [-0.2, -0.15) is 0 Å². The maximum Gasteiger partial charge on any atom is 0.354 e. The zero-order valence-corrected chi connectivity index (χ0v) is 24.2. The Bertz CT molecular complexity index is 1740. The maximum absolute atomic E-state index is 14.7. The number of aromatic nitrogens is 3. The van der Waals surface area contributed by atoms with E-state index in [2.05, 4.69) is 16.0 Å². The molecule has 7 rings (SSSR count). The van der Waals surface area contributed by atoms with Gasteiger partial charge in [-0.3, -0.25) is 9.29 Å². The highest BCUT2D eigenvalue weighted by atomic mass is 35.5. The van der Waals surface area contributed by atoms with Gasteiger partial charge in [-0.1, -0.05) is 41.9 Å². The second-order valence-electron chi connectivity index (χ2n) is 12.0. The number of ether oxygens (including phenoxy) is 1. The van der Waals surface area contributed by atoms with Crippen LogP contribution in [0.5, 0.6) is 5.75 Å². The smallest absolute Gasteiger partial charge is 0.354 e. The fourth-order valence-corrected chi connectivity index (χ4v) is 6.48. The minimum Gasteiger partial charge on any atom is -0.481 e. The van der Waals surface area contributed by atoms with Crippen molar-refractivity contribution in [2.75, 3.05) is 19.8 Å². The molecule has 1 atom stereocenters. The number of halogens is 3. The number of aromatic carboxylic acids is 1. The topological polar surface area (TPSA) is 80.5 Å². The number of alkyl halides is 1. The lowest BCUT2D eigenvalue weighted by molar-refractivity contribution is 0.0690. The molecule has 1 N–H and O–H groups in total. The van der Waals surface area contributed by atoms with Gasteiger partial charge in [-0.25, -0.2) is 19.2 Å². The number of fused-ring (bicyclic) bond motifs is 2. The van der Waals surface area contributed by atoms with Crippen LogP contribution in [0.2, 0.25) is 5.02 Å². The van der Waals surface area contributed by atoms with Crippen molar-refractivity contribution in [1.82, 2.24) is 19.4 Å². The van der Waals surface area contributed by atoms with Crippen LogP contribution >= 0.6 is 11.6 Å². The summed E-state index contributed by atoms with van der Waals surface area (Å²) in [6.45, 7) is 2.24. The van der Waals surface area contributed by atoms with E-state index in [1.807, 2.05) is 28.9 Å². The first-order chi connectivity index (χ1) is 20.8. The molecule has 43 heavy (non-hydrogen) atoms. The lowest BCUT2D eigenvalue weighted by Gasteiger charge is -2.34. The zero-order valence-electron chi connectivity index (χ0n) is 23.5. The summed E-state index contributed by atoms with van der Waals surface area (Å²) in [7, 11) is 0. The van der Waals surface area contributed by atoms with Gasteiger partial charge < -0.3 is 14.4 Å². The lowest BCUT2D eigenvalue weighted by Crippen LogP contribution is -2.34. The molecule has 1 saturated heterocycles. The predicted octanol–water partition coefficient (Wildman–Crippen LogP) is 7.20. The standard InChI is InChI=1S/C33H31ClF2N4O3/c34-22-5-6-24(25(36)16-22)28-9-4-21-2-1-3-23(30(21)43-28)20-10-14-39(15-11-20)17-29-37-26-7-8-27(32(41)42)38-31(26)40(29)19-33(18-35)12-13-33/h1-9,16,20,28H,10-15,17-19H2,(H,41,42)/t28-/m1/s1. The van der Waals surface area contributed by atoms with E-state index in [0.29, 0.717) is 34.8 Å². The van der Waals surface area contributed by atoms with Crippen molar-refractivity contribution < 1.29 is 23.4 Å². The third-order valence-corrected chi connectivity index (χ3v) is 9.29. The fraction of sp³-hybridized carbons (Fsp3) is 0.364. The van der Waals surface area contributed by atoms with E-state index in [0.717, 1.165) is 61.5 Å². The molecule has 2 fully saturated rings.